The average Bonchev–Trinajstić information content (AvgIpc) is 2.23. The second-order valence-corrected chi connectivity index (χ2v) is 7.79. The summed E-state index contributed by atoms with van der Waals surface area (Å²) in [7, 11) is 0. The van der Waals surface area contributed by atoms with Crippen LogP contribution in [0.4, 0.5) is 0 Å². The molecule has 4 unspecified atom stereocenters. The predicted molar refractivity (Wildman–Crippen MR) is 71.8 cm³/mol. The van der Waals surface area contributed by atoms with Crippen LogP contribution in [0.2, 0.25) is 0 Å². The summed E-state index contributed by atoms with van der Waals surface area (Å²) in [6.07, 6.45) is 6.04. The molecule has 0 N–H and O–H groups in total. The smallest absolute Gasteiger partial charge is 0.141 e. The second kappa shape index (κ2) is 4.10. The molecule has 0 aliphatic heterocycles. The molecule has 1 nitrogen and oxygen atoms in total. The van der Waals surface area contributed by atoms with E-state index in [1.807, 2.05) is 0 Å². The quantitative estimate of drug-likeness (QED) is 0.607. The normalized spacial score (nSPS) is 43.4. The molecule has 0 saturated heterocycles. The van der Waals surface area contributed by atoms with Gasteiger partial charge in [0.05, 0.1) is 0 Å². The summed E-state index contributed by atoms with van der Waals surface area (Å²) in [5.74, 6) is 2.33. The highest BCUT2D eigenvalue weighted by Gasteiger charge is 2.50. The van der Waals surface area contributed by atoms with Crippen LogP contribution in [0.15, 0.2) is 0 Å². The maximum absolute atomic E-state index is 12.4. The van der Waals surface area contributed by atoms with Gasteiger partial charge < -0.3 is 0 Å². The summed E-state index contributed by atoms with van der Waals surface area (Å²) >= 11 is 0. The predicted octanol–water partition coefficient (Wildman–Crippen LogP) is 4.45. The lowest BCUT2D eigenvalue weighted by Gasteiger charge is -2.50. The first-order chi connectivity index (χ1) is 7.75. The van der Waals surface area contributed by atoms with E-state index in [-0.39, 0.29) is 5.41 Å². The number of fused-ring (bicyclic) bond motifs is 1. The van der Waals surface area contributed by atoms with Crippen LogP contribution in [0, 0.1) is 28.6 Å². The van der Waals surface area contributed by atoms with Crippen molar-refractivity contribution in [2.45, 2.75) is 66.7 Å². The number of carbonyl (C=O) groups is 1. The highest BCUT2D eigenvalue weighted by Crippen LogP contribution is 2.54. The van der Waals surface area contributed by atoms with Crippen molar-refractivity contribution in [3.05, 3.63) is 0 Å². The molecule has 2 rings (SSSR count). The van der Waals surface area contributed by atoms with Gasteiger partial charge in [-0.15, -0.1) is 0 Å². The molecule has 17 heavy (non-hydrogen) atoms. The third kappa shape index (κ3) is 2.18. The van der Waals surface area contributed by atoms with Gasteiger partial charge in [-0.3, -0.25) is 4.79 Å². The molecular weight excluding hydrogens is 208 g/mol. The number of Topliss-reactive ketones (excluding diaryl/α,β-unsaturated/α-hetero) is 1. The Morgan fingerprint density at radius 3 is 2.41 bits per heavy atom. The molecule has 0 aromatic rings. The van der Waals surface area contributed by atoms with Crippen molar-refractivity contribution in [1.82, 2.24) is 0 Å². The Bertz CT molecular complexity index is 312. The van der Waals surface area contributed by atoms with Gasteiger partial charge >= 0.3 is 0 Å². The van der Waals surface area contributed by atoms with Gasteiger partial charge in [0, 0.05) is 11.3 Å². The number of hydrogen-bond acceptors (Lipinski definition) is 1. The first-order valence-corrected chi connectivity index (χ1v) is 7.29. The van der Waals surface area contributed by atoms with Crippen LogP contribution in [0.1, 0.15) is 66.7 Å². The Hall–Kier alpha value is -0.330. The second-order valence-electron chi connectivity index (χ2n) is 7.79. The molecule has 2 saturated carbocycles. The first-order valence-electron chi connectivity index (χ1n) is 7.29. The minimum Gasteiger partial charge on any atom is -0.299 e. The number of hydrogen-bond donors (Lipinski definition) is 0. The molecule has 1 heteroatoms. The summed E-state index contributed by atoms with van der Waals surface area (Å²) in [6.45, 7) is 11.4. The zero-order valence-electron chi connectivity index (χ0n) is 12.2. The van der Waals surface area contributed by atoms with E-state index >= 15 is 0 Å². The summed E-state index contributed by atoms with van der Waals surface area (Å²) < 4.78 is 0. The molecule has 98 valence electrons. The third-order valence-electron chi connectivity index (χ3n) is 5.67. The lowest BCUT2D eigenvalue weighted by atomic mass is 9.53. The van der Waals surface area contributed by atoms with Crippen molar-refractivity contribution < 1.29 is 4.79 Å². The fourth-order valence-corrected chi connectivity index (χ4v) is 4.09. The van der Waals surface area contributed by atoms with E-state index < -0.39 is 0 Å². The first kappa shape index (κ1) is 13.1. The molecule has 0 heterocycles. The standard InChI is InChI=1S/C16H28O/c1-11-6-7-13-10-12(15(2,3)4)8-9-16(13,5)14(11)17/h11-13H,6-10H2,1-5H3. The van der Waals surface area contributed by atoms with Crippen molar-refractivity contribution in [1.29, 1.82) is 0 Å². The maximum Gasteiger partial charge on any atom is 0.141 e. The Kier molecular flexibility index (Phi) is 3.16. The largest absolute Gasteiger partial charge is 0.299 e. The van der Waals surface area contributed by atoms with Crippen LogP contribution in [0.3, 0.4) is 0 Å². The van der Waals surface area contributed by atoms with E-state index in [2.05, 4.69) is 34.6 Å². The summed E-state index contributed by atoms with van der Waals surface area (Å²) in [5.41, 5.74) is 0.423. The van der Waals surface area contributed by atoms with Crippen LogP contribution < -0.4 is 0 Å². The van der Waals surface area contributed by atoms with Crippen LogP contribution in [0.5, 0.6) is 0 Å². The van der Waals surface area contributed by atoms with Crippen molar-refractivity contribution in [3.63, 3.8) is 0 Å². The van der Waals surface area contributed by atoms with E-state index in [0.29, 0.717) is 23.0 Å². The van der Waals surface area contributed by atoms with Gasteiger partial charge in [0.2, 0.25) is 0 Å². The van der Waals surface area contributed by atoms with Gasteiger partial charge in [-0.05, 0) is 49.4 Å². The molecular formula is C16H28O. The zero-order valence-corrected chi connectivity index (χ0v) is 12.2. The van der Waals surface area contributed by atoms with Crippen molar-refractivity contribution in [2.75, 3.05) is 0 Å². The number of rotatable bonds is 0. The van der Waals surface area contributed by atoms with E-state index in [1.165, 1.54) is 19.3 Å². The van der Waals surface area contributed by atoms with Crippen molar-refractivity contribution in [3.8, 4) is 0 Å². The zero-order chi connectivity index (χ0) is 12.8. The van der Waals surface area contributed by atoms with Crippen molar-refractivity contribution in [2.24, 2.45) is 28.6 Å². The molecule has 4 atom stereocenters. The SMILES string of the molecule is CC1CCC2CC(C(C)(C)C)CCC2(C)C1=O. The highest BCUT2D eigenvalue weighted by atomic mass is 16.1. The van der Waals surface area contributed by atoms with Gasteiger partial charge in [0.15, 0.2) is 0 Å². The van der Waals surface area contributed by atoms with Crippen LogP contribution in [-0.4, -0.2) is 5.78 Å². The topological polar surface area (TPSA) is 17.1 Å². The van der Waals surface area contributed by atoms with E-state index in [1.54, 1.807) is 0 Å². The minimum absolute atomic E-state index is 0.0133. The third-order valence-corrected chi connectivity index (χ3v) is 5.67. The van der Waals surface area contributed by atoms with Crippen LogP contribution in [0.25, 0.3) is 0 Å². The minimum atomic E-state index is 0.0133. The lowest BCUT2D eigenvalue weighted by Crippen LogP contribution is -2.48. The van der Waals surface area contributed by atoms with Crippen molar-refractivity contribution >= 4 is 5.78 Å². The Labute approximate surface area is 106 Å². The Morgan fingerprint density at radius 1 is 1.18 bits per heavy atom. The Balaban J connectivity index is 2.16. The number of carbonyl (C=O) groups excluding carboxylic acids is 1. The lowest BCUT2D eigenvalue weighted by molar-refractivity contribution is -0.143. The maximum atomic E-state index is 12.4. The summed E-state index contributed by atoms with van der Waals surface area (Å²) in [6, 6.07) is 0. The molecule has 0 radical (unpaired) electrons. The monoisotopic (exact) mass is 236 g/mol. The molecule has 0 amide bonds. The highest BCUT2D eigenvalue weighted by molar-refractivity contribution is 5.87. The molecule has 2 fully saturated rings. The Morgan fingerprint density at radius 2 is 1.82 bits per heavy atom. The van der Waals surface area contributed by atoms with Crippen LogP contribution >= 0.6 is 0 Å². The van der Waals surface area contributed by atoms with Gasteiger partial charge in [0.1, 0.15) is 5.78 Å². The van der Waals surface area contributed by atoms with Gasteiger partial charge in [0.25, 0.3) is 0 Å². The number of ketones is 1. The molecule has 2 aliphatic rings. The fraction of sp³-hybridized carbons (Fsp3) is 0.938. The molecule has 2 aliphatic carbocycles. The summed E-state index contributed by atoms with van der Waals surface area (Å²) in [4.78, 5) is 12.4. The molecule has 0 aromatic heterocycles. The van der Waals surface area contributed by atoms with Gasteiger partial charge in [-0.2, -0.15) is 0 Å². The van der Waals surface area contributed by atoms with E-state index in [9.17, 15) is 4.79 Å². The molecule has 0 bridgehead atoms. The van der Waals surface area contributed by atoms with Crippen LogP contribution in [-0.2, 0) is 4.79 Å². The van der Waals surface area contributed by atoms with Gasteiger partial charge in [-0.1, -0.05) is 34.6 Å². The summed E-state index contributed by atoms with van der Waals surface area (Å²) in [5, 5.41) is 0. The van der Waals surface area contributed by atoms with E-state index in [0.717, 1.165) is 18.8 Å². The average molecular weight is 236 g/mol. The van der Waals surface area contributed by atoms with Gasteiger partial charge in [-0.25, -0.2) is 0 Å². The van der Waals surface area contributed by atoms with E-state index in [4.69, 9.17) is 0 Å². The fourth-order valence-electron chi connectivity index (χ4n) is 4.09. The molecule has 0 spiro atoms. The molecule has 0 aromatic carbocycles.